The van der Waals surface area contributed by atoms with E-state index in [4.69, 9.17) is 17.3 Å². The summed E-state index contributed by atoms with van der Waals surface area (Å²) < 4.78 is 5.18. The van der Waals surface area contributed by atoms with Crippen LogP contribution in [0.25, 0.3) is 0 Å². The number of methoxy groups -OCH3 is 1. The molecule has 0 amide bonds. The van der Waals surface area contributed by atoms with Gasteiger partial charge in [-0.2, -0.15) is 0 Å². The Labute approximate surface area is 119 Å². The first-order valence-corrected chi connectivity index (χ1v) is 5.63. The predicted molar refractivity (Wildman–Crippen MR) is 71.6 cm³/mol. The molecular formula is C10H12BrCl2NO3. The number of rotatable bonds is 3. The molecule has 0 spiro atoms. The molecule has 0 heterocycles. The summed E-state index contributed by atoms with van der Waals surface area (Å²) >= 11 is 9.01. The number of phenols is 1. The number of carbonyl (C=O) groups is 1. The van der Waals surface area contributed by atoms with E-state index in [0.717, 1.165) is 0 Å². The van der Waals surface area contributed by atoms with Crippen LogP contribution in [0.5, 0.6) is 5.75 Å². The highest BCUT2D eigenvalue weighted by molar-refractivity contribution is 9.10. The average molecular weight is 345 g/mol. The lowest BCUT2D eigenvalue weighted by Crippen LogP contribution is -2.16. The largest absolute Gasteiger partial charge is 0.506 e. The van der Waals surface area contributed by atoms with E-state index in [1.165, 1.54) is 7.11 Å². The van der Waals surface area contributed by atoms with Gasteiger partial charge < -0.3 is 15.6 Å². The summed E-state index contributed by atoms with van der Waals surface area (Å²) in [5.41, 5.74) is 6.18. The van der Waals surface area contributed by atoms with Crippen LogP contribution < -0.4 is 5.73 Å². The number of phenolic OH excluding ortho intramolecular Hbond substituents is 1. The Morgan fingerprint density at radius 3 is 2.76 bits per heavy atom. The summed E-state index contributed by atoms with van der Waals surface area (Å²) in [6, 6.07) is 2.52. The van der Waals surface area contributed by atoms with Gasteiger partial charge in [0.05, 0.1) is 18.6 Å². The van der Waals surface area contributed by atoms with E-state index in [-0.39, 0.29) is 29.6 Å². The Morgan fingerprint density at radius 2 is 2.24 bits per heavy atom. The zero-order valence-corrected chi connectivity index (χ0v) is 12.1. The summed E-state index contributed by atoms with van der Waals surface area (Å²) in [6.07, 6.45) is -0.0170. The van der Waals surface area contributed by atoms with Crippen molar-refractivity contribution in [1.29, 1.82) is 0 Å². The quantitative estimate of drug-likeness (QED) is 0.827. The molecule has 0 aliphatic carbocycles. The Balaban J connectivity index is 0.00000256. The molecule has 0 unspecified atom stereocenters. The highest BCUT2D eigenvalue weighted by Crippen LogP contribution is 2.35. The molecule has 17 heavy (non-hydrogen) atoms. The molecule has 1 atom stereocenters. The number of benzene rings is 1. The second kappa shape index (κ2) is 7.06. The van der Waals surface area contributed by atoms with E-state index in [2.05, 4.69) is 20.7 Å². The molecule has 0 bridgehead atoms. The summed E-state index contributed by atoms with van der Waals surface area (Å²) in [4.78, 5) is 11.0. The molecule has 4 nitrogen and oxygen atoms in total. The Kier molecular flexibility index (Phi) is 6.85. The number of hydrogen-bond acceptors (Lipinski definition) is 4. The second-order valence-electron chi connectivity index (χ2n) is 3.21. The van der Waals surface area contributed by atoms with Gasteiger partial charge in [-0.05, 0) is 12.1 Å². The van der Waals surface area contributed by atoms with Gasteiger partial charge in [-0.15, -0.1) is 12.4 Å². The van der Waals surface area contributed by atoms with Gasteiger partial charge in [0.15, 0.2) is 0 Å². The minimum Gasteiger partial charge on any atom is -0.506 e. The number of hydrogen-bond donors (Lipinski definition) is 2. The van der Waals surface area contributed by atoms with Crippen LogP contribution in [-0.4, -0.2) is 18.2 Å². The lowest BCUT2D eigenvalue weighted by atomic mass is 10.0. The normalized spacial score (nSPS) is 11.5. The maximum Gasteiger partial charge on any atom is 0.307 e. The number of aromatic hydroxyl groups is 1. The van der Waals surface area contributed by atoms with Gasteiger partial charge >= 0.3 is 5.97 Å². The molecular weight excluding hydrogens is 333 g/mol. The molecule has 0 aromatic heterocycles. The zero-order chi connectivity index (χ0) is 12.3. The third-order valence-electron chi connectivity index (χ3n) is 2.07. The summed E-state index contributed by atoms with van der Waals surface area (Å²) in [5, 5.41) is 9.88. The lowest BCUT2D eigenvalue weighted by Gasteiger charge is -2.13. The van der Waals surface area contributed by atoms with Gasteiger partial charge in [0, 0.05) is 16.1 Å². The van der Waals surface area contributed by atoms with Crippen LogP contribution in [0.4, 0.5) is 0 Å². The number of ether oxygens (including phenoxy) is 1. The molecule has 0 aliphatic heterocycles. The first-order chi connectivity index (χ1) is 7.45. The maximum absolute atomic E-state index is 11.0. The molecule has 1 aromatic rings. The van der Waals surface area contributed by atoms with Gasteiger partial charge in [0.25, 0.3) is 0 Å². The van der Waals surface area contributed by atoms with Gasteiger partial charge in [0.1, 0.15) is 5.75 Å². The molecule has 0 radical (unpaired) electrons. The molecule has 1 aromatic carbocycles. The highest BCUT2D eigenvalue weighted by atomic mass is 79.9. The fraction of sp³-hybridized carbons (Fsp3) is 0.300. The molecule has 0 saturated heterocycles. The van der Waals surface area contributed by atoms with Crippen LogP contribution >= 0.6 is 39.9 Å². The van der Waals surface area contributed by atoms with Crippen LogP contribution in [0, 0.1) is 0 Å². The van der Waals surface area contributed by atoms with E-state index < -0.39 is 12.0 Å². The Hall–Kier alpha value is -0.490. The van der Waals surface area contributed by atoms with Crippen molar-refractivity contribution in [2.75, 3.05) is 7.11 Å². The van der Waals surface area contributed by atoms with Crippen molar-refractivity contribution in [1.82, 2.24) is 0 Å². The van der Waals surface area contributed by atoms with Crippen molar-refractivity contribution in [2.45, 2.75) is 12.5 Å². The lowest BCUT2D eigenvalue weighted by molar-refractivity contribution is -0.141. The van der Waals surface area contributed by atoms with E-state index in [1.807, 2.05) is 0 Å². The van der Waals surface area contributed by atoms with Crippen molar-refractivity contribution in [3.8, 4) is 5.75 Å². The molecule has 0 fully saturated rings. The van der Waals surface area contributed by atoms with E-state index in [1.54, 1.807) is 12.1 Å². The maximum atomic E-state index is 11.0. The summed E-state index contributed by atoms with van der Waals surface area (Å²) in [7, 11) is 1.28. The first-order valence-electron chi connectivity index (χ1n) is 4.46. The van der Waals surface area contributed by atoms with Crippen LogP contribution in [0.3, 0.4) is 0 Å². The third-order valence-corrected chi connectivity index (χ3v) is 2.82. The monoisotopic (exact) mass is 343 g/mol. The average Bonchev–Trinajstić information content (AvgIpc) is 2.22. The first kappa shape index (κ1) is 16.5. The van der Waals surface area contributed by atoms with Crippen LogP contribution in [0.2, 0.25) is 5.02 Å². The van der Waals surface area contributed by atoms with Gasteiger partial charge in [-0.25, -0.2) is 0 Å². The van der Waals surface area contributed by atoms with Crippen LogP contribution in [-0.2, 0) is 9.53 Å². The molecule has 3 N–H and O–H groups in total. The Morgan fingerprint density at radius 1 is 1.65 bits per heavy atom. The van der Waals surface area contributed by atoms with Gasteiger partial charge in [0.2, 0.25) is 0 Å². The van der Waals surface area contributed by atoms with E-state index in [0.29, 0.717) is 10.0 Å². The smallest absolute Gasteiger partial charge is 0.307 e. The molecule has 0 saturated carbocycles. The van der Waals surface area contributed by atoms with Crippen molar-refractivity contribution >= 4 is 45.9 Å². The predicted octanol–water partition coefficient (Wildman–Crippen LogP) is 2.79. The van der Waals surface area contributed by atoms with Crippen molar-refractivity contribution < 1.29 is 14.6 Å². The number of carbonyl (C=O) groups excluding carboxylic acids is 1. The highest BCUT2D eigenvalue weighted by Gasteiger charge is 2.17. The fourth-order valence-electron chi connectivity index (χ4n) is 1.24. The van der Waals surface area contributed by atoms with Gasteiger partial charge in [-0.3, -0.25) is 4.79 Å². The van der Waals surface area contributed by atoms with Crippen LogP contribution in [0.15, 0.2) is 16.6 Å². The number of halogens is 3. The Bertz CT molecular complexity index is 415. The third kappa shape index (κ3) is 4.35. The second-order valence-corrected chi connectivity index (χ2v) is 4.54. The van der Waals surface area contributed by atoms with Crippen molar-refractivity contribution in [3.63, 3.8) is 0 Å². The summed E-state index contributed by atoms with van der Waals surface area (Å²) in [5.74, 6) is -0.552. The van der Waals surface area contributed by atoms with Crippen molar-refractivity contribution in [2.24, 2.45) is 5.73 Å². The minimum atomic E-state index is -0.651. The zero-order valence-electron chi connectivity index (χ0n) is 8.94. The van der Waals surface area contributed by atoms with E-state index >= 15 is 0 Å². The SMILES string of the molecule is COC(=O)C[C@@H](N)c1cc(Br)cc(Cl)c1O.Cl. The van der Waals surface area contributed by atoms with Gasteiger partial charge in [-0.1, -0.05) is 27.5 Å². The molecule has 1 rings (SSSR count). The standard InChI is InChI=1S/C10H11BrClNO3.ClH/c1-16-9(14)4-8(13)6-2-5(11)3-7(12)10(6)15;/h2-3,8,15H,4,13H2,1H3;1H/t8-;/m1./s1. The topological polar surface area (TPSA) is 72.5 Å². The van der Waals surface area contributed by atoms with Crippen LogP contribution in [0.1, 0.15) is 18.0 Å². The number of nitrogens with two attached hydrogens (primary N) is 1. The molecule has 0 aliphatic rings. The summed E-state index contributed by atoms with van der Waals surface area (Å²) in [6.45, 7) is 0. The minimum absolute atomic E-state index is 0. The number of esters is 1. The van der Waals surface area contributed by atoms with E-state index in [9.17, 15) is 9.90 Å². The van der Waals surface area contributed by atoms with Crippen molar-refractivity contribution in [3.05, 3.63) is 27.2 Å². The molecule has 7 heteroatoms. The fourth-order valence-corrected chi connectivity index (χ4v) is 2.08. The molecule has 96 valence electrons.